The van der Waals surface area contributed by atoms with Crippen molar-refractivity contribution in [2.75, 3.05) is 0 Å². The molecule has 0 bridgehead atoms. The minimum atomic E-state index is -1.11. The normalized spacial score (nSPS) is 9.40. The zero-order valence-electron chi connectivity index (χ0n) is 1.99. The third-order valence-corrected chi connectivity index (χ3v) is 3.15. The largest absolute Gasteiger partial charge is 0.263 e. The molecule has 0 saturated carbocycles. The van der Waals surface area contributed by atoms with E-state index in [1.807, 2.05) is 0 Å². The Bertz CT molecular complexity index is 36.6. The number of hydrogen-bond acceptors (Lipinski definition) is 1. The van der Waals surface area contributed by atoms with E-state index < -0.39 is 24.9 Å². The Balaban J connectivity index is 2.83. The number of hydrogen-bond donors (Lipinski definition) is 0. The molecule has 0 spiro atoms. The highest BCUT2D eigenvalue weighted by Crippen LogP contribution is 2.58. The van der Waals surface area contributed by atoms with Crippen molar-refractivity contribution in [3.63, 3.8) is 0 Å². The van der Waals surface area contributed by atoms with E-state index in [0.29, 0.717) is 0 Å². The summed E-state index contributed by atoms with van der Waals surface area (Å²) in [6.45, 7) is 0. The summed E-state index contributed by atoms with van der Waals surface area (Å²) in [5, 5.41) is 0. The van der Waals surface area contributed by atoms with Crippen LogP contribution < -0.4 is 0 Å². The van der Waals surface area contributed by atoms with Crippen LogP contribution in [0.15, 0.2) is 0 Å². The number of rotatable bonds is 1. The molecule has 0 aromatic heterocycles. The molecule has 0 aromatic rings. The predicted octanol–water partition coefficient (Wildman–Crippen LogP) is 3.01. The summed E-state index contributed by atoms with van der Waals surface area (Å²) < 4.78 is 8.41. The Kier molecular flexibility index (Phi) is 4.87. The van der Waals surface area contributed by atoms with E-state index in [1.165, 1.54) is 0 Å². The van der Waals surface area contributed by atoms with Gasteiger partial charge < -0.3 is 0 Å². The lowest BCUT2D eigenvalue weighted by atomic mass is 16.0. The molecule has 0 heterocycles. The quantitative estimate of drug-likeness (QED) is 0.512. The van der Waals surface area contributed by atoms with Crippen molar-refractivity contribution in [1.29, 1.82) is 0 Å². The lowest BCUT2D eigenvalue weighted by Crippen LogP contribution is -1.03. The molecule has 32 valence electrons. The van der Waals surface area contributed by atoms with Crippen LogP contribution in [-0.4, -0.2) is 0 Å². The molecule has 0 atom stereocenters. The highest BCUT2D eigenvalue weighted by Gasteiger charge is 1.89. The fourth-order valence-corrected chi connectivity index (χ4v) is 0. The summed E-state index contributed by atoms with van der Waals surface area (Å²) in [7, 11) is 0. The molecular weight excluding hydrogens is 245 g/mol. The highest BCUT2D eigenvalue weighted by molar-refractivity contribution is 14.2. The van der Waals surface area contributed by atoms with Crippen molar-refractivity contribution in [2.24, 2.45) is 0 Å². The molecule has 0 rings (SSSR count). The maximum atomic E-state index is 9.50. The average Bonchev–Trinajstić information content (AvgIpc) is 1.38. The fourth-order valence-electron chi connectivity index (χ4n) is 0. The van der Waals surface area contributed by atoms with Crippen LogP contribution in [0.5, 0.6) is 0 Å². The van der Waals surface area contributed by atoms with Gasteiger partial charge in [0.2, 0.25) is 20.6 Å². The average molecular weight is 245 g/mol. The molecular formula is Cl2IOP. The van der Waals surface area contributed by atoms with Crippen molar-refractivity contribution < 1.29 is 3.07 Å². The molecule has 0 unspecified atom stereocenters. The Hall–Kier alpha value is 1.54. The fraction of sp³-hybridized carbons (Fsp3) is 0. The van der Waals surface area contributed by atoms with Crippen LogP contribution in [0.25, 0.3) is 0 Å². The summed E-state index contributed by atoms with van der Waals surface area (Å²) in [6.07, 6.45) is 0. The van der Waals surface area contributed by atoms with Gasteiger partial charge in [-0.1, -0.05) is 22.5 Å². The zero-order chi connectivity index (χ0) is 4.28. The highest BCUT2D eigenvalue weighted by atomic mass is 127. The second kappa shape index (κ2) is 3.72. The Morgan fingerprint density at radius 3 is 1.80 bits per heavy atom. The molecule has 0 aromatic carbocycles. The Morgan fingerprint density at radius 2 is 1.80 bits per heavy atom. The van der Waals surface area contributed by atoms with Crippen LogP contribution in [0.3, 0.4) is 0 Å². The minimum Gasteiger partial charge on any atom is -0.263 e. The second-order valence-corrected chi connectivity index (χ2v) is 10.8. The first kappa shape index (κ1) is 6.54. The monoisotopic (exact) mass is 244 g/mol. The van der Waals surface area contributed by atoms with Crippen LogP contribution in [0.1, 0.15) is 0 Å². The lowest BCUT2D eigenvalue weighted by Gasteiger charge is -1.69. The molecule has 0 saturated heterocycles. The van der Waals surface area contributed by atoms with E-state index in [-0.39, 0.29) is 0 Å². The van der Waals surface area contributed by atoms with Crippen molar-refractivity contribution >= 4 is 47.4 Å². The molecule has 5 heavy (non-hydrogen) atoms. The van der Waals surface area contributed by atoms with Crippen molar-refractivity contribution in [2.45, 2.75) is 0 Å². The van der Waals surface area contributed by atoms with E-state index in [1.54, 1.807) is 0 Å². The topological polar surface area (TPSA) is 17.1 Å². The lowest BCUT2D eigenvalue weighted by molar-refractivity contribution is 0.649. The standard InChI is InChI=1S/Cl2IOP/c1-5(2)3-4. The van der Waals surface area contributed by atoms with Crippen LogP contribution in [0.2, 0.25) is 0 Å². The first-order valence-corrected chi connectivity index (χ1v) is 7.48. The molecule has 0 aliphatic rings. The van der Waals surface area contributed by atoms with Gasteiger partial charge in [-0.15, -0.1) is 0 Å². The second-order valence-electron chi connectivity index (χ2n) is 0.261. The molecule has 5 heteroatoms. The minimum absolute atomic E-state index is 1.10. The van der Waals surface area contributed by atoms with Gasteiger partial charge in [-0.2, -0.15) is 0 Å². The summed E-state index contributed by atoms with van der Waals surface area (Å²) in [5.74, 6) is 0. The van der Waals surface area contributed by atoms with Gasteiger partial charge in [0, 0.05) is 0 Å². The maximum Gasteiger partial charge on any atom is 0.205 e. The van der Waals surface area contributed by atoms with Gasteiger partial charge in [0.15, 0.2) is 4.27 Å². The molecule has 0 fully saturated rings. The van der Waals surface area contributed by atoms with Gasteiger partial charge in [0.1, 0.15) is 0 Å². The van der Waals surface area contributed by atoms with Crippen LogP contribution in [-0.2, 0) is 3.07 Å². The van der Waals surface area contributed by atoms with E-state index in [4.69, 9.17) is 22.5 Å². The van der Waals surface area contributed by atoms with E-state index in [2.05, 4.69) is 0 Å². The van der Waals surface area contributed by atoms with E-state index in [9.17, 15) is 3.07 Å². The van der Waals surface area contributed by atoms with Gasteiger partial charge >= 0.3 is 0 Å². The smallest absolute Gasteiger partial charge is 0.205 e. The van der Waals surface area contributed by atoms with Crippen molar-refractivity contribution in [1.82, 2.24) is 0 Å². The van der Waals surface area contributed by atoms with Gasteiger partial charge in [-0.25, -0.2) is 0 Å². The molecule has 0 aliphatic carbocycles. The maximum absolute atomic E-state index is 9.50. The van der Waals surface area contributed by atoms with Gasteiger partial charge in [-0.3, -0.25) is 3.07 Å². The predicted molar refractivity (Wildman–Crippen MR) is 33.3 cm³/mol. The summed E-state index contributed by atoms with van der Waals surface area (Å²) in [4.78, 5) is 0. The number of halogens is 3. The zero-order valence-corrected chi connectivity index (χ0v) is 6.55. The van der Waals surface area contributed by atoms with Gasteiger partial charge in [0.05, 0.1) is 0 Å². The van der Waals surface area contributed by atoms with Crippen LogP contribution >= 0.6 is 47.4 Å². The summed E-state index contributed by atoms with van der Waals surface area (Å²) in [6, 6.07) is 0. The summed E-state index contributed by atoms with van der Waals surface area (Å²) >= 11 is 8.95. The van der Waals surface area contributed by atoms with Crippen molar-refractivity contribution in [3.8, 4) is 0 Å². The van der Waals surface area contributed by atoms with Crippen LogP contribution in [0.4, 0.5) is 0 Å². The van der Waals surface area contributed by atoms with Crippen molar-refractivity contribution in [3.05, 3.63) is 0 Å². The van der Waals surface area contributed by atoms with E-state index >= 15 is 0 Å². The molecule has 0 N–H and O–H groups in total. The molecule has 1 nitrogen and oxygen atoms in total. The van der Waals surface area contributed by atoms with Gasteiger partial charge in [-0.05, 0) is 0 Å². The molecule has 0 amide bonds. The summed E-state index contributed by atoms with van der Waals surface area (Å²) in [5.41, 5.74) is 0. The molecule has 0 aliphatic heterocycles. The third kappa shape index (κ3) is 5.54. The van der Waals surface area contributed by atoms with Gasteiger partial charge in [0.25, 0.3) is 0 Å². The first-order valence-electron chi connectivity index (χ1n) is 0.661. The first-order chi connectivity index (χ1) is 2.27. The Labute approximate surface area is 50.3 Å². The molecule has 0 radical (unpaired) electrons. The SMILES string of the molecule is O=IP(Cl)Cl. The van der Waals surface area contributed by atoms with E-state index in [0.717, 1.165) is 0 Å². The van der Waals surface area contributed by atoms with Crippen LogP contribution in [0, 0.1) is 0 Å². The third-order valence-electron chi connectivity index (χ3n) is 0.0522. The Morgan fingerprint density at radius 1 is 1.60 bits per heavy atom.